The van der Waals surface area contributed by atoms with Gasteiger partial charge in [-0.05, 0) is 34.8 Å². The van der Waals surface area contributed by atoms with E-state index >= 15 is 0 Å². The minimum absolute atomic E-state index is 0.143. The summed E-state index contributed by atoms with van der Waals surface area (Å²) in [7, 11) is 1.31. The highest BCUT2D eigenvalue weighted by Crippen LogP contribution is 2.31. The Morgan fingerprint density at radius 2 is 2.38 bits per heavy atom. The summed E-state index contributed by atoms with van der Waals surface area (Å²) in [5.74, 6) is -0.248. The first-order valence-electron chi connectivity index (χ1n) is 4.86. The Labute approximate surface area is 101 Å². The summed E-state index contributed by atoms with van der Waals surface area (Å²) in [6, 6.07) is 1.84. The predicted octanol–water partition coefficient (Wildman–Crippen LogP) is 1.91. The first kappa shape index (κ1) is 11.2. The number of pyridine rings is 1. The van der Waals surface area contributed by atoms with E-state index in [0.29, 0.717) is 21.9 Å². The van der Waals surface area contributed by atoms with Gasteiger partial charge in [0.1, 0.15) is 11.4 Å². The maximum absolute atomic E-state index is 11.5. The summed E-state index contributed by atoms with van der Waals surface area (Å²) in [5, 5.41) is 12.5. The van der Waals surface area contributed by atoms with Gasteiger partial charge in [-0.2, -0.15) is 4.98 Å². The number of carbonyl (C=O) groups excluding carboxylic acids is 1. The van der Waals surface area contributed by atoms with Crippen LogP contribution in [0.25, 0.3) is 0 Å². The minimum atomic E-state index is -0.476. The summed E-state index contributed by atoms with van der Waals surface area (Å²) >= 11 is 3.11. The smallest absolute Gasteiger partial charge is 0.341 e. The van der Waals surface area contributed by atoms with Gasteiger partial charge in [-0.25, -0.2) is 4.79 Å². The Bertz CT molecular complexity index is 432. The van der Waals surface area contributed by atoms with Gasteiger partial charge in [-0.1, -0.05) is 0 Å². The number of hydrogen-bond donors (Lipinski definition) is 2. The van der Waals surface area contributed by atoms with Crippen LogP contribution in [0.1, 0.15) is 23.2 Å². The monoisotopic (exact) mass is 286 g/mol. The normalized spacial score (nSPS) is 14.6. The molecule has 2 rings (SSSR count). The van der Waals surface area contributed by atoms with Crippen molar-refractivity contribution in [2.24, 2.45) is 0 Å². The number of nitrogens with zero attached hydrogens (tertiary/aromatic N) is 1. The van der Waals surface area contributed by atoms with Crippen LogP contribution in [-0.4, -0.2) is 29.2 Å². The number of aromatic nitrogens is 1. The van der Waals surface area contributed by atoms with E-state index in [1.54, 1.807) is 0 Å². The van der Waals surface area contributed by atoms with Gasteiger partial charge in [-0.3, -0.25) is 0 Å². The molecule has 0 bridgehead atoms. The van der Waals surface area contributed by atoms with Crippen molar-refractivity contribution in [1.82, 2.24) is 4.98 Å². The molecule has 2 N–H and O–H groups in total. The fraction of sp³-hybridized carbons (Fsp3) is 0.400. The van der Waals surface area contributed by atoms with Crippen molar-refractivity contribution in [3.8, 4) is 5.88 Å². The second-order valence-electron chi connectivity index (χ2n) is 3.60. The lowest BCUT2D eigenvalue weighted by molar-refractivity contribution is 0.0601. The molecule has 1 saturated carbocycles. The zero-order valence-corrected chi connectivity index (χ0v) is 10.2. The van der Waals surface area contributed by atoms with Crippen molar-refractivity contribution in [3.63, 3.8) is 0 Å². The third-order valence-electron chi connectivity index (χ3n) is 2.28. The molecule has 5 nitrogen and oxygen atoms in total. The number of aromatic hydroxyl groups is 1. The van der Waals surface area contributed by atoms with Crippen molar-refractivity contribution in [2.45, 2.75) is 18.9 Å². The van der Waals surface area contributed by atoms with Gasteiger partial charge in [0, 0.05) is 6.04 Å². The van der Waals surface area contributed by atoms with Crippen molar-refractivity contribution in [3.05, 3.63) is 16.1 Å². The molecule has 0 amide bonds. The zero-order valence-electron chi connectivity index (χ0n) is 8.66. The van der Waals surface area contributed by atoms with Crippen molar-refractivity contribution < 1.29 is 14.6 Å². The Balaban J connectivity index is 2.37. The van der Waals surface area contributed by atoms with Crippen LogP contribution in [-0.2, 0) is 4.74 Å². The van der Waals surface area contributed by atoms with E-state index in [2.05, 4.69) is 31.0 Å². The molecule has 1 fully saturated rings. The number of anilines is 1. The molecule has 0 unspecified atom stereocenters. The molecular formula is C10H11BrN2O3. The number of methoxy groups -OCH3 is 1. The Hall–Kier alpha value is -1.30. The number of rotatable bonds is 3. The average Bonchev–Trinajstić information content (AvgIpc) is 3.06. The molecule has 6 heteroatoms. The fourth-order valence-electron chi connectivity index (χ4n) is 1.28. The summed E-state index contributed by atoms with van der Waals surface area (Å²) in [6.45, 7) is 0. The quantitative estimate of drug-likeness (QED) is 0.831. The van der Waals surface area contributed by atoms with Gasteiger partial charge >= 0.3 is 5.97 Å². The molecule has 86 valence electrons. The van der Waals surface area contributed by atoms with Gasteiger partial charge in [0.25, 0.3) is 0 Å². The first-order valence-corrected chi connectivity index (χ1v) is 5.65. The summed E-state index contributed by atoms with van der Waals surface area (Å²) in [6.07, 6.45) is 2.11. The van der Waals surface area contributed by atoms with Crippen LogP contribution in [0.2, 0.25) is 0 Å². The lowest BCUT2D eigenvalue weighted by atomic mass is 10.2. The maximum atomic E-state index is 11.5. The van der Waals surface area contributed by atoms with Crippen molar-refractivity contribution in [1.29, 1.82) is 0 Å². The molecule has 1 aliphatic carbocycles. The number of carbonyl (C=O) groups is 1. The van der Waals surface area contributed by atoms with Crippen LogP contribution in [0, 0.1) is 0 Å². The molecule has 0 saturated heterocycles. The fourth-order valence-corrected chi connectivity index (χ4v) is 1.59. The number of esters is 1. The van der Waals surface area contributed by atoms with E-state index in [4.69, 9.17) is 0 Å². The SMILES string of the molecule is COC(=O)c1cc(Br)c(O)nc1NC1CC1. The van der Waals surface area contributed by atoms with Crippen LogP contribution < -0.4 is 5.32 Å². The summed E-state index contributed by atoms with van der Waals surface area (Å²) in [4.78, 5) is 15.4. The molecule has 0 aliphatic heterocycles. The van der Waals surface area contributed by atoms with Gasteiger partial charge in [0.05, 0.1) is 11.6 Å². The van der Waals surface area contributed by atoms with E-state index < -0.39 is 5.97 Å². The molecule has 0 aromatic carbocycles. The molecule has 1 aliphatic rings. The molecular weight excluding hydrogens is 276 g/mol. The third-order valence-corrected chi connectivity index (χ3v) is 2.86. The van der Waals surface area contributed by atoms with Crippen molar-refractivity contribution >= 4 is 27.7 Å². The second kappa shape index (κ2) is 4.29. The van der Waals surface area contributed by atoms with Crippen molar-refractivity contribution in [2.75, 3.05) is 12.4 Å². The van der Waals surface area contributed by atoms with Crippen LogP contribution in [0.5, 0.6) is 5.88 Å². The summed E-state index contributed by atoms with van der Waals surface area (Å²) < 4.78 is 5.02. The number of hydrogen-bond acceptors (Lipinski definition) is 5. The number of nitrogens with one attached hydrogen (secondary N) is 1. The molecule has 16 heavy (non-hydrogen) atoms. The second-order valence-corrected chi connectivity index (χ2v) is 4.45. The molecule has 0 spiro atoms. The maximum Gasteiger partial charge on any atom is 0.341 e. The molecule has 1 heterocycles. The lowest BCUT2D eigenvalue weighted by Gasteiger charge is -2.10. The van der Waals surface area contributed by atoms with Gasteiger partial charge in [0.2, 0.25) is 5.88 Å². The Morgan fingerprint density at radius 3 is 2.94 bits per heavy atom. The van der Waals surface area contributed by atoms with Crippen LogP contribution in [0.15, 0.2) is 10.5 Å². The molecule has 1 aromatic rings. The highest BCUT2D eigenvalue weighted by atomic mass is 79.9. The molecule has 1 aromatic heterocycles. The van der Waals surface area contributed by atoms with E-state index in [0.717, 1.165) is 12.8 Å². The standard InChI is InChI=1S/C10H11BrN2O3/c1-16-10(15)6-4-7(11)9(14)13-8(6)12-5-2-3-5/h4-5H,2-3H2,1H3,(H2,12,13,14). The molecule has 0 radical (unpaired) electrons. The first-order chi connectivity index (χ1) is 7.61. The summed E-state index contributed by atoms with van der Waals surface area (Å²) in [5.41, 5.74) is 0.319. The van der Waals surface area contributed by atoms with E-state index in [1.165, 1.54) is 13.2 Å². The topological polar surface area (TPSA) is 71.5 Å². The highest BCUT2D eigenvalue weighted by Gasteiger charge is 2.25. The third kappa shape index (κ3) is 2.27. The van der Waals surface area contributed by atoms with Gasteiger partial charge in [0.15, 0.2) is 0 Å². The van der Waals surface area contributed by atoms with E-state index in [1.807, 2.05) is 0 Å². The van der Waals surface area contributed by atoms with Crippen LogP contribution in [0.3, 0.4) is 0 Å². The number of ether oxygens (including phenoxy) is 1. The van der Waals surface area contributed by atoms with E-state index in [-0.39, 0.29) is 5.88 Å². The average molecular weight is 287 g/mol. The van der Waals surface area contributed by atoms with E-state index in [9.17, 15) is 9.90 Å². The lowest BCUT2D eigenvalue weighted by Crippen LogP contribution is -2.11. The number of halogens is 1. The van der Waals surface area contributed by atoms with Crippen LogP contribution >= 0.6 is 15.9 Å². The van der Waals surface area contributed by atoms with Gasteiger partial charge < -0.3 is 15.2 Å². The minimum Gasteiger partial charge on any atom is -0.492 e. The zero-order chi connectivity index (χ0) is 11.7. The Morgan fingerprint density at radius 1 is 1.69 bits per heavy atom. The van der Waals surface area contributed by atoms with Gasteiger partial charge in [-0.15, -0.1) is 0 Å². The Kier molecular flexibility index (Phi) is 3.00. The predicted molar refractivity (Wildman–Crippen MR) is 61.6 cm³/mol. The highest BCUT2D eigenvalue weighted by molar-refractivity contribution is 9.10. The molecule has 0 atom stereocenters. The van der Waals surface area contributed by atoms with Crippen LogP contribution in [0.4, 0.5) is 5.82 Å². The largest absolute Gasteiger partial charge is 0.492 e.